The minimum Gasteiger partial charge on any atom is -0.356 e. The summed E-state index contributed by atoms with van der Waals surface area (Å²) in [4.78, 5) is 1.08. The molecule has 5 nitrogen and oxygen atoms in total. The highest BCUT2D eigenvalue weighted by atomic mass is 32.2. The van der Waals surface area contributed by atoms with Gasteiger partial charge in [-0.2, -0.15) is 4.31 Å². The van der Waals surface area contributed by atoms with E-state index in [0.717, 1.165) is 41.8 Å². The molecule has 0 unspecified atom stereocenters. The molecule has 0 saturated heterocycles. The molecule has 3 aromatic rings. The lowest BCUT2D eigenvalue weighted by Crippen LogP contribution is -2.40. The largest absolute Gasteiger partial charge is 0.356 e. The number of rotatable bonds is 6. The zero-order chi connectivity index (χ0) is 18.9. The van der Waals surface area contributed by atoms with Gasteiger partial charge in [-0.3, -0.25) is 0 Å². The standard InChI is InChI=1S/C19H22N2O3S3/c1-14-10-18(24-20-14)15-11-19(26-13-15)27(22,23)21(12-17-8-5-9-25-17)16-6-3-2-4-7-16/h5,8-11,13,16H,2-4,6-7,12H2,1H3. The van der Waals surface area contributed by atoms with Crippen LogP contribution in [0.2, 0.25) is 0 Å². The molecule has 0 bridgehead atoms. The summed E-state index contributed by atoms with van der Waals surface area (Å²) in [7, 11) is -3.56. The number of aryl methyl sites for hydroxylation is 1. The van der Waals surface area contributed by atoms with Gasteiger partial charge in [0.15, 0.2) is 5.76 Å². The predicted molar refractivity (Wildman–Crippen MR) is 108 cm³/mol. The number of hydrogen-bond acceptors (Lipinski definition) is 6. The van der Waals surface area contributed by atoms with E-state index in [1.54, 1.807) is 21.7 Å². The Hall–Kier alpha value is -1.48. The van der Waals surface area contributed by atoms with Crippen LogP contribution in [0.4, 0.5) is 0 Å². The average Bonchev–Trinajstić information content (AvgIpc) is 3.41. The fourth-order valence-corrected chi connectivity index (χ4v) is 7.28. The van der Waals surface area contributed by atoms with Gasteiger partial charge < -0.3 is 4.52 Å². The Balaban J connectivity index is 1.66. The van der Waals surface area contributed by atoms with Crippen LogP contribution in [0.25, 0.3) is 11.3 Å². The van der Waals surface area contributed by atoms with Crippen LogP contribution in [0.5, 0.6) is 0 Å². The summed E-state index contributed by atoms with van der Waals surface area (Å²) in [5.74, 6) is 0.604. The van der Waals surface area contributed by atoms with Crippen molar-refractivity contribution in [3.8, 4) is 11.3 Å². The average molecular weight is 423 g/mol. The highest BCUT2D eigenvalue weighted by Gasteiger charge is 2.34. The summed E-state index contributed by atoms with van der Waals surface area (Å²) in [5, 5.41) is 7.72. The summed E-state index contributed by atoms with van der Waals surface area (Å²) >= 11 is 2.86. The van der Waals surface area contributed by atoms with Crippen molar-refractivity contribution in [3.05, 3.63) is 45.6 Å². The molecule has 1 fully saturated rings. The summed E-state index contributed by atoms with van der Waals surface area (Å²) in [6, 6.07) is 7.59. The van der Waals surface area contributed by atoms with Crippen molar-refractivity contribution in [2.45, 2.75) is 55.8 Å². The first-order chi connectivity index (χ1) is 13.0. The highest BCUT2D eigenvalue weighted by molar-refractivity contribution is 7.91. The van der Waals surface area contributed by atoms with Crippen molar-refractivity contribution in [2.75, 3.05) is 0 Å². The van der Waals surface area contributed by atoms with Crippen molar-refractivity contribution < 1.29 is 12.9 Å². The van der Waals surface area contributed by atoms with Gasteiger partial charge in [0.2, 0.25) is 0 Å². The van der Waals surface area contributed by atoms with Crippen LogP contribution >= 0.6 is 22.7 Å². The second-order valence-electron chi connectivity index (χ2n) is 6.91. The Morgan fingerprint density at radius 2 is 2.04 bits per heavy atom. The molecule has 8 heteroatoms. The molecule has 1 aliphatic carbocycles. The van der Waals surface area contributed by atoms with Crippen molar-refractivity contribution in [2.24, 2.45) is 0 Å². The van der Waals surface area contributed by atoms with Crippen molar-refractivity contribution in [3.63, 3.8) is 0 Å². The van der Waals surface area contributed by atoms with E-state index in [-0.39, 0.29) is 6.04 Å². The molecule has 0 spiro atoms. The second-order valence-corrected chi connectivity index (χ2v) is 11.0. The van der Waals surface area contributed by atoms with Gasteiger partial charge in [0.05, 0.1) is 5.69 Å². The van der Waals surface area contributed by atoms with E-state index >= 15 is 0 Å². The SMILES string of the molecule is Cc1cc(-c2csc(S(=O)(=O)N(Cc3cccs3)C3CCCCC3)c2)on1. The van der Waals surface area contributed by atoms with Gasteiger partial charge in [0.1, 0.15) is 4.21 Å². The Bertz CT molecular complexity index is 983. The fourth-order valence-electron chi connectivity index (χ4n) is 3.53. The molecule has 27 heavy (non-hydrogen) atoms. The number of thiophene rings is 2. The molecule has 0 atom stereocenters. The summed E-state index contributed by atoms with van der Waals surface area (Å²) < 4.78 is 34.4. The number of sulfonamides is 1. The maximum absolute atomic E-state index is 13.5. The number of nitrogens with zero attached hydrogens (tertiary/aromatic N) is 2. The molecule has 0 radical (unpaired) electrons. The first-order valence-electron chi connectivity index (χ1n) is 9.10. The summed E-state index contributed by atoms with van der Waals surface area (Å²) in [6.07, 6.45) is 5.24. The van der Waals surface area contributed by atoms with Crippen LogP contribution < -0.4 is 0 Å². The molecule has 1 saturated carbocycles. The van der Waals surface area contributed by atoms with Crippen LogP contribution in [-0.4, -0.2) is 23.9 Å². The molecule has 3 aromatic heterocycles. The van der Waals surface area contributed by atoms with Crippen LogP contribution in [0.15, 0.2) is 43.8 Å². The van der Waals surface area contributed by atoms with Crippen LogP contribution in [-0.2, 0) is 16.6 Å². The monoisotopic (exact) mass is 422 g/mol. The molecular formula is C19H22N2O3S3. The van der Waals surface area contributed by atoms with Crippen LogP contribution in [0.3, 0.4) is 0 Å². The topological polar surface area (TPSA) is 63.4 Å². The van der Waals surface area contributed by atoms with Crippen LogP contribution in [0.1, 0.15) is 42.7 Å². The van der Waals surface area contributed by atoms with Gasteiger partial charge in [0, 0.05) is 34.5 Å². The smallest absolute Gasteiger partial charge is 0.253 e. The third-order valence-electron chi connectivity index (χ3n) is 4.92. The Morgan fingerprint density at radius 3 is 2.70 bits per heavy atom. The molecule has 0 aliphatic heterocycles. The molecule has 4 rings (SSSR count). The third-order valence-corrected chi connectivity index (χ3v) is 9.10. The summed E-state index contributed by atoms with van der Waals surface area (Å²) in [5.41, 5.74) is 1.54. The van der Waals surface area contributed by atoms with Crippen LogP contribution in [0, 0.1) is 6.92 Å². The van der Waals surface area contributed by atoms with Gasteiger partial charge in [-0.15, -0.1) is 22.7 Å². The zero-order valence-corrected chi connectivity index (χ0v) is 17.6. The minimum absolute atomic E-state index is 0.0731. The van der Waals surface area contributed by atoms with Crippen molar-refractivity contribution >= 4 is 32.7 Å². The van der Waals surface area contributed by atoms with E-state index in [4.69, 9.17) is 4.52 Å². The minimum atomic E-state index is -3.56. The van der Waals surface area contributed by atoms with Crippen molar-refractivity contribution in [1.29, 1.82) is 0 Å². The fraction of sp³-hybridized carbons (Fsp3) is 0.421. The molecule has 144 valence electrons. The lowest BCUT2D eigenvalue weighted by Gasteiger charge is -2.32. The molecule has 0 amide bonds. The Morgan fingerprint density at radius 1 is 1.22 bits per heavy atom. The third kappa shape index (κ3) is 4.03. The normalized spacial score (nSPS) is 16.2. The molecule has 0 aromatic carbocycles. The Labute approximate surface area is 167 Å². The zero-order valence-electron chi connectivity index (χ0n) is 15.1. The Kier molecular flexibility index (Phi) is 5.50. The van der Waals surface area contributed by atoms with E-state index in [1.165, 1.54) is 17.8 Å². The molecule has 0 N–H and O–H groups in total. The first kappa shape index (κ1) is 18.9. The summed E-state index contributed by atoms with van der Waals surface area (Å²) in [6.45, 7) is 2.29. The maximum atomic E-state index is 13.5. The lowest BCUT2D eigenvalue weighted by molar-refractivity contribution is 0.249. The number of hydrogen-bond donors (Lipinski definition) is 0. The molecule has 3 heterocycles. The van der Waals surface area contributed by atoms with Gasteiger partial charge in [-0.1, -0.05) is 30.5 Å². The first-order valence-corrected chi connectivity index (χ1v) is 12.3. The molecule has 1 aliphatic rings. The number of aromatic nitrogens is 1. The van der Waals surface area contributed by atoms with E-state index in [9.17, 15) is 8.42 Å². The second kappa shape index (κ2) is 7.87. The van der Waals surface area contributed by atoms with E-state index in [0.29, 0.717) is 16.5 Å². The van der Waals surface area contributed by atoms with E-state index in [2.05, 4.69) is 5.16 Å². The maximum Gasteiger partial charge on any atom is 0.253 e. The van der Waals surface area contributed by atoms with Gasteiger partial charge in [0.25, 0.3) is 10.0 Å². The lowest BCUT2D eigenvalue weighted by atomic mass is 9.95. The van der Waals surface area contributed by atoms with Gasteiger partial charge in [-0.25, -0.2) is 8.42 Å². The van der Waals surface area contributed by atoms with Crippen molar-refractivity contribution in [1.82, 2.24) is 9.46 Å². The molecular weight excluding hydrogens is 400 g/mol. The van der Waals surface area contributed by atoms with E-state index < -0.39 is 10.0 Å². The van der Waals surface area contributed by atoms with Gasteiger partial charge in [-0.05, 0) is 37.3 Å². The predicted octanol–water partition coefficient (Wildman–Crippen LogP) is 5.30. The quantitative estimate of drug-likeness (QED) is 0.541. The highest BCUT2D eigenvalue weighted by Crippen LogP contribution is 2.35. The van der Waals surface area contributed by atoms with E-state index in [1.807, 2.05) is 35.9 Å². The van der Waals surface area contributed by atoms with Gasteiger partial charge >= 0.3 is 0 Å².